The molecule has 13 heteroatoms. The Morgan fingerprint density at radius 3 is 2.47 bits per heavy atom. The number of nitrogens with one attached hydrogen (secondary N) is 1. The van der Waals surface area contributed by atoms with Gasteiger partial charge in [-0.25, -0.2) is 4.79 Å². The molecule has 284 valence electrons. The van der Waals surface area contributed by atoms with Gasteiger partial charge in [-0.1, -0.05) is 62.5 Å². The average Bonchev–Trinajstić information content (AvgIpc) is 3.66. The number of ether oxygens (including phenoxy) is 3. The van der Waals surface area contributed by atoms with Gasteiger partial charge in [-0.15, -0.1) is 0 Å². The first-order valence-corrected chi connectivity index (χ1v) is 23.2. The second-order valence-corrected chi connectivity index (χ2v) is 21.5. The molecule has 7 rings (SSSR count). The predicted octanol–water partition coefficient (Wildman–Crippen LogP) is 6.65. The Morgan fingerprint density at radius 2 is 1.70 bits per heavy atom. The Kier molecular flexibility index (Phi) is 11.8. The first-order valence-electron chi connectivity index (χ1n) is 19.5. The first-order chi connectivity index (χ1) is 25.7. The van der Waals surface area contributed by atoms with Gasteiger partial charge in [0.15, 0.2) is 0 Å². The largest absolute Gasteiger partial charge is 0.462 e. The van der Waals surface area contributed by atoms with E-state index in [2.05, 4.69) is 63.6 Å². The third kappa shape index (κ3) is 9.30. The second-order valence-electron chi connectivity index (χ2n) is 15.8. The number of anilines is 2. The number of rotatable bonds is 13. The summed E-state index contributed by atoms with van der Waals surface area (Å²) in [6.07, 6.45) is 6.18. The highest BCUT2D eigenvalue weighted by Gasteiger charge is 2.31. The molecule has 0 aliphatic carbocycles. The highest BCUT2D eigenvalue weighted by molar-refractivity contribution is 6.76. The van der Waals surface area contributed by atoms with Crippen LogP contribution in [0.25, 0.3) is 10.9 Å². The van der Waals surface area contributed by atoms with E-state index in [9.17, 15) is 4.79 Å². The number of hydrogen-bond donors (Lipinski definition) is 1. The summed E-state index contributed by atoms with van der Waals surface area (Å²) in [7, 11) is -1.22. The van der Waals surface area contributed by atoms with Crippen molar-refractivity contribution >= 4 is 36.6 Å². The fourth-order valence-corrected chi connectivity index (χ4v) is 8.33. The normalized spacial score (nSPS) is 17.5. The monoisotopic (exact) mass is 740 g/mol. The number of piperidine rings is 1. The zero-order valence-electron chi connectivity index (χ0n) is 32.0. The van der Waals surface area contributed by atoms with E-state index >= 15 is 0 Å². The van der Waals surface area contributed by atoms with Crippen molar-refractivity contribution in [2.24, 2.45) is 0 Å². The van der Waals surface area contributed by atoms with Gasteiger partial charge >= 0.3 is 12.1 Å². The molecule has 0 bridgehead atoms. The number of H-pyrrole nitrogens is 1. The SMILES string of the molecule is C[C@H](OCC[Si](C)(C)C)c1ccc2[nH]ncc2c1N1CCc2c(nc(OCCN3CCCCC3)nc2N2CCN(C(=O)OCc3ccccc3)CC2)C1. The van der Waals surface area contributed by atoms with Gasteiger partial charge in [0.2, 0.25) is 0 Å². The Balaban J connectivity index is 1.11. The molecule has 12 nitrogen and oxygen atoms in total. The minimum absolute atomic E-state index is 0.0626. The van der Waals surface area contributed by atoms with Gasteiger partial charge in [-0.05, 0) is 56.9 Å². The maximum Gasteiger partial charge on any atom is 0.410 e. The topological polar surface area (TPSA) is 112 Å². The molecular formula is C40H56N8O4Si. The van der Waals surface area contributed by atoms with Gasteiger partial charge in [-0.3, -0.25) is 10.00 Å². The molecule has 2 aromatic heterocycles. The Labute approximate surface area is 314 Å². The fraction of sp³-hybridized carbons (Fsp3) is 0.550. The average molecular weight is 741 g/mol. The molecule has 53 heavy (non-hydrogen) atoms. The number of hydrogen-bond acceptors (Lipinski definition) is 10. The summed E-state index contributed by atoms with van der Waals surface area (Å²) in [5.74, 6) is 0.921. The van der Waals surface area contributed by atoms with Gasteiger partial charge < -0.3 is 28.9 Å². The summed E-state index contributed by atoms with van der Waals surface area (Å²) in [4.78, 5) is 32.1. The lowest BCUT2D eigenvalue weighted by Gasteiger charge is -2.38. The summed E-state index contributed by atoms with van der Waals surface area (Å²) >= 11 is 0. The van der Waals surface area contributed by atoms with Crippen LogP contribution in [0.1, 0.15) is 54.7 Å². The van der Waals surface area contributed by atoms with Crippen LogP contribution in [0.4, 0.5) is 16.3 Å². The molecule has 0 unspecified atom stereocenters. The molecule has 1 N–H and O–H groups in total. The van der Waals surface area contributed by atoms with E-state index in [1.54, 1.807) is 4.90 Å². The number of carbonyl (C=O) groups excluding carboxylic acids is 1. The Bertz CT molecular complexity index is 1820. The molecule has 2 fully saturated rings. The van der Waals surface area contributed by atoms with Crippen LogP contribution >= 0.6 is 0 Å². The van der Waals surface area contributed by atoms with Crippen LogP contribution in [-0.4, -0.2) is 110 Å². The molecule has 4 aromatic rings. The van der Waals surface area contributed by atoms with Crippen LogP contribution in [0.3, 0.4) is 0 Å². The first kappa shape index (κ1) is 37.1. The van der Waals surface area contributed by atoms with Crippen molar-refractivity contribution in [2.45, 2.75) is 77.5 Å². The minimum atomic E-state index is -1.22. The lowest BCUT2D eigenvalue weighted by Crippen LogP contribution is -2.49. The van der Waals surface area contributed by atoms with Crippen molar-refractivity contribution in [1.29, 1.82) is 0 Å². The Hall–Kier alpha value is -4.20. The van der Waals surface area contributed by atoms with Crippen molar-refractivity contribution < 1.29 is 19.0 Å². The Morgan fingerprint density at radius 1 is 0.906 bits per heavy atom. The zero-order valence-corrected chi connectivity index (χ0v) is 33.0. The quantitative estimate of drug-likeness (QED) is 0.150. The lowest BCUT2D eigenvalue weighted by molar-refractivity contribution is 0.0761. The third-order valence-electron chi connectivity index (χ3n) is 10.8. The number of nitrogens with zero attached hydrogens (tertiary/aromatic N) is 7. The number of aromatic amines is 1. The molecule has 0 radical (unpaired) electrons. The number of likely N-dealkylation sites (tertiary alicyclic amines) is 1. The maximum absolute atomic E-state index is 13.0. The van der Waals surface area contributed by atoms with Crippen molar-refractivity contribution in [2.75, 3.05) is 75.4 Å². The molecule has 1 amide bonds. The summed E-state index contributed by atoms with van der Waals surface area (Å²) in [6.45, 7) is 17.9. The zero-order chi connectivity index (χ0) is 36.8. The third-order valence-corrected chi connectivity index (χ3v) is 12.5. The molecular weight excluding hydrogens is 685 g/mol. The van der Waals surface area contributed by atoms with Crippen LogP contribution in [0.2, 0.25) is 25.7 Å². The minimum Gasteiger partial charge on any atom is -0.462 e. The van der Waals surface area contributed by atoms with E-state index in [-0.39, 0.29) is 18.8 Å². The predicted molar refractivity (Wildman–Crippen MR) is 212 cm³/mol. The van der Waals surface area contributed by atoms with Crippen molar-refractivity contribution in [3.8, 4) is 6.01 Å². The van der Waals surface area contributed by atoms with Crippen LogP contribution in [0, 0.1) is 0 Å². The van der Waals surface area contributed by atoms with E-state index in [1.165, 1.54) is 24.8 Å². The van der Waals surface area contributed by atoms with Gasteiger partial charge in [-0.2, -0.15) is 15.1 Å². The lowest BCUT2D eigenvalue weighted by atomic mass is 9.99. The van der Waals surface area contributed by atoms with E-state index in [0.29, 0.717) is 45.3 Å². The van der Waals surface area contributed by atoms with Crippen LogP contribution in [0.15, 0.2) is 48.7 Å². The van der Waals surface area contributed by atoms with Gasteiger partial charge in [0.05, 0.1) is 35.7 Å². The summed E-state index contributed by atoms with van der Waals surface area (Å²) < 4.78 is 18.5. The highest BCUT2D eigenvalue weighted by atomic mass is 28.3. The molecule has 0 spiro atoms. The molecule has 1 atom stereocenters. The number of fused-ring (bicyclic) bond motifs is 2. The number of amides is 1. The molecule has 2 saturated heterocycles. The summed E-state index contributed by atoms with van der Waals surface area (Å²) in [6, 6.07) is 15.7. The summed E-state index contributed by atoms with van der Waals surface area (Å²) in [5, 5.41) is 8.70. The number of benzene rings is 2. The number of piperazine rings is 1. The molecule has 2 aromatic carbocycles. The smallest absolute Gasteiger partial charge is 0.410 e. The maximum atomic E-state index is 13.0. The van der Waals surface area contributed by atoms with Crippen molar-refractivity contribution in [1.82, 2.24) is 30.0 Å². The number of carbonyl (C=O) groups is 1. The van der Waals surface area contributed by atoms with E-state index < -0.39 is 8.07 Å². The van der Waals surface area contributed by atoms with Crippen LogP contribution in [0.5, 0.6) is 6.01 Å². The van der Waals surface area contributed by atoms with Gasteiger partial charge in [0, 0.05) is 70.5 Å². The standard InChI is InChI=1S/C40H56N8O4Si/c1-30(50-25-26-53(2,3)4)32-13-14-35-34(27-41-44-35)37(32)48-18-15-33-36(28-48)42-39(51-24-23-45-16-9-6-10-17-45)43-38(33)46-19-21-47(22-20-46)40(49)52-29-31-11-7-5-8-12-31/h5,7-8,11-14,27,30H,6,9-10,15-26,28-29H2,1-4H3,(H,41,44)/t30-/m0/s1. The molecule has 5 heterocycles. The second kappa shape index (κ2) is 16.9. The molecule has 3 aliphatic rings. The van der Waals surface area contributed by atoms with Crippen LogP contribution < -0.4 is 14.5 Å². The fourth-order valence-electron chi connectivity index (χ4n) is 7.60. The molecule has 0 saturated carbocycles. The van der Waals surface area contributed by atoms with E-state index in [1.807, 2.05) is 36.5 Å². The van der Waals surface area contributed by atoms with E-state index in [0.717, 1.165) is 84.5 Å². The summed E-state index contributed by atoms with van der Waals surface area (Å²) in [5.41, 5.74) is 6.45. The highest BCUT2D eigenvalue weighted by Crippen LogP contribution is 2.39. The van der Waals surface area contributed by atoms with Crippen LogP contribution in [-0.2, 0) is 29.0 Å². The number of aromatic nitrogens is 4. The van der Waals surface area contributed by atoms with E-state index in [4.69, 9.17) is 24.2 Å². The molecule has 3 aliphatic heterocycles. The van der Waals surface area contributed by atoms with Gasteiger partial charge in [0.25, 0.3) is 0 Å². The van der Waals surface area contributed by atoms with Crippen molar-refractivity contribution in [3.63, 3.8) is 0 Å². The van der Waals surface area contributed by atoms with Gasteiger partial charge in [0.1, 0.15) is 19.0 Å². The van der Waals surface area contributed by atoms with Crippen molar-refractivity contribution in [3.05, 3.63) is 71.0 Å².